The Balaban J connectivity index is 2.71. The Morgan fingerprint density at radius 3 is 2.58 bits per heavy atom. The van der Waals surface area contributed by atoms with Crippen molar-refractivity contribution in [3.8, 4) is 0 Å². The standard InChI is InChI=1S/C18H30N2O4/c1-6-13(2)19-17(21)8-10-20(9-7-11-23-5)18(22)16-12-14(3)24-15(16)4/h12-13H,6-11H2,1-5H3,(H,19,21)/t13-/m0/s1. The normalized spacial score (nSPS) is 12.0. The quantitative estimate of drug-likeness (QED) is 0.666. The highest BCUT2D eigenvalue weighted by Gasteiger charge is 2.21. The van der Waals surface area contributed by atoms with Gasteiger partial charge in [0.25, 0.3) is 5.91 Å². The number of rotatable bonds is 10. The number of aryl methyl sites for hydroxylation is 2. The maximum absolute atomic E-state index is 12.8. The monoisotopic (exact) mass is 338 g/mol. The van der Waals surface area contributed by atoms with Gasteiger partial charge in [-0.1, -0.05) is 6.92 Å². The van der Waals surface area contributed by atoms with Crippen molar-refractivity contribution in [1.82, 2.24) is 10.2 Å². The van der Waals surface area contributed by atoms with E-state index in [9.17, 15) is 9.59 Å². The number of ether oxygens (including phenoxy) is 1. The highest BCUT2D eigenvalue weighted by atomic mass is 16.5. The lowest BCUT2D eigenvalue weighted by atomic mass is 10.2. The Bertz CT molecular complexity index is 539. The Morgan fingerprint density at radius 1 is 1.33 bits per heavy atom. The topological polar surface area (TPSA) is 71.8 Å². The lowest BCUT2D eigenvalue weighted by Crippen LogP contribution is -2.38. The summed E-state index contributed by atoms with van der Waals surface area (Å²) in [6, 6.07) is 1.90. The number of carbonyl (C=O) groups excluding carboxylic acids is 2. The molecule has 1 heterocycles. The molecule has 0 aliphatic carbocycles. The number of carbonyl (C=O) groups is 2. The summed E-state index contributed by atoms with van der Waals surface area (Å²) in [5, 5.41) is 2.93. The van der Waals surface area contributed by atoms with Gasteiger partial charge in [-0.15, -0.1) is 0 Å². The second-order valence-corrected chi connectivity index (χ2v) is 6.09. The van der Waals surface area contributed by atoms with Gasteiger partial charge in [-0.05, 0) is 39.7 Å². The summed E-state index contributed by atoms with van der Waals surface area (Å²) in [5.41, 5.74) is 0.562. The van der Waals surface area contributed by atoms with Crippen LogP contribution in [0.1, 0.15) is 55.0 Å². The van der Waals surface area contributed by atoms with Crippen LogP contribution in [0.3, 0.4) is 0 Å². The largest absolute Gasteiger partial charge is 0.466 e. The summed E-state index contributed by atoms with van der Waals surface area (Å²) >= 11 is 0. The van der Waals surface area contributed by atoms with Crippen LogP contribution in [-0.2, 0) is 9.53 Å². The lowest BCUT2D eigenvalue weighted by Gasteiger charge is -2.22. The second-order valence-electron chi connectivity index (χ2n) is 6.09. The number of hydrogen-bond acceptors (Lipinski definition) is 4. The van der Waals surface area contributed by atoms with Crippen molar-refractivity contribution in [2.24, 2.45) is 0 Å². The Labute approximate surface area is 144 Å². The van der Waals surface area contributed by atoms with Crippen molar-refractivity contribution in [3.63, 3.8) is 0 Å². The maximum Gasteiger partial charge on any atom is 0.257 e. The molecule has 0 aromatic carbocycles. The molecule has 0 unspecified atom stereocenters. The zero-order valence-corrected chi connectivity index (χ0v) is 15.5. The van der Waals surface area contributed by atoms with E-state index >= 15 is 0 Å². The highest BCUT2D eigenvalue weighted by molar-refractivity contribution is 5.95. The van der Waals surface area contributed by atoms with Gasteiger partial charge in [0, 0.05) is 39.3 Å². The first-order valence-corrected chi connectivity index (χ1v) is 8.53. The first kappa shape index (κ1) is 20.2. The van der Waals surface area contributed by atoms with Crippen molar-refractivity contribution in [2.45, 2.75) is 53.0 Å². The number of nitrogens with one attached hydrogen (secondary N) is 1. The zero-order valence-electron chi connectivity index (χ0n) is 15.5. The predicted molar refractivity (Wildman–Crippen MR) is 93.1 cm³/mol. The molecule has 136 valence electrons. The molecule has 1 aromatic heterocycles. The molecule has 0 aliphatic rings. The van der Waals surface area contributed by atoms with Crippen LogP contribution in [0.2, 0.25) is 0 Å². The Kier molecular flexibility index (Phi) is 8.54. The van der Waals surface area contributed by atoms with Crippen LogP contribution < -0.4 is 5.32 Å². The molecule has 0 saturated heterocycles. The Hall–Kier alpha value is -1.82. The maximum atomic E-state index is 12.8. The van der Waals surface area contributed by atoms with Gasteiger partial charge in [-0.2, -0.15) is 0 Å². The van der Waals surface area contributed by atoms with Crippen LogP contribution in [0.25, 0.3) is 0 Å². The smallest absolute Gasteiger partial charge is 0.257 e. The Morgan fingerprint density at radius 2 is 2.04 bits per heavy atom. The van der Waals surface area contributed by atoms with Gasteiger partial charge >= 0.3 is 0 Å². The van der Waals surface area contributed by atoms with E-state index in [1.807, 2.05) is 20.8 Å². The van der Waals surface area contributed by atoms with Crippen molar-refractivity contribution >= 4 is 11.8 Å². The SMILES string of the molecule is CC[C@H](C)NC(=O)CCN(CCCOC)C(=O)c1cc(C)oc1C. The van der Waals surface area contributed by atoms with E-state index in [2.05, 4.69) is 5.32 Å². The van der Waals surface area contributed by atoms with E-state index in [0.29, 0.717) is 43.2 Å². The molecular formula is C18H30N2O4. The second kappa shape index (κ2) is 10.1. The van der Waals surface area contributed by atoms with Crippen LogP contribution in [0.5, 0.6) is 0 Å². The third kappa shape index (κ3) is 6.35. The van der Waals surface area contributed by atoms with Crippen LogP contribution in [0, 0.1) is 13.8 Å². The number of nitrogens with zero attached hydrogens (tertiary/aromatic N) is 1. The third-order valence-electron chi connectivity index (χ3n) is 3.96. The van der Waals surface area contributed by atoms with Crippen molar-refractivity contribution in [1.29, 1.82) is 0 Å². The zero-order chi connectivity index (χ0) is 18.1. The van der Waals surface area contributed by atoms with Crippen molar-refractivity contribution < 1.29 is 18.7 Å². The molecule has 0 fully saturated rings. The van der Waals surface area contributed by atoms with Crippen LogP contribution in [0.15, 0.2) is 10.5 Å². The van der Waals surface area contributed by atoms with E-state index in [1.165, 1.54) is 0 Å². The first-order valence-electron chi connectivity index (χ1n) is 8.53. The molecule has 0 bridgehead atoms. The van der Waals surface area contributed by atoms with Gasteiger partial charge in [-0.25, -0.2) is 0 Å². The fourth-order valence-corrected chi connectivity index (χ4v) is 2.41. The minimum Gasteiger partial charge on any atom is -0.466 e. The van der Waals surface area contributed by atoms with Crippen molar-refractivity contribution in [3.05, 3.63) is 23.2 Å². The fraction of sp³-hybridized carbons (Fsp3) is 0.667. The van der Waals surface area contributed by atoms with Crippen molar-refractivity contribution in [2.75, 3.05) is 26.8 Å². The van der Waals surface area contributed by atoms with E-state index in [1.54, 1.807) is 25.0 Å². The molecule has 1 rings (SSSR count). The number of hydrogen-bond donors (Lipinski definition) is 1. The van der Waals surface area contributed by atoms with Crippen LogP contribution >= 0.6 is 0 Å². The minimum atomic E-state index is -0.100. The summed E-state index contributed by atoms with van der Waals surface area (Å²) in [4.78, 5) is 26.4. The summed E-state index contributed by atoms with van der Waals surface area (Å²) < 4.78 is 10.5. The lowest BCUT2D eigenvalue weighted by molar-refractivity contribution is -0.121. The molecule has 0 spiro atoms. The number of amides is 2. The summed E-state index contributed by atoms with van der Waals surface area (Å²) in [7, 11) is 1.63. The third-order valence-corrected chi connectivity index (χ3v) is 3.96. The fourth-order valence-electron chi connectivity index (χ4n) is 2.41. The van der Waals surface area contributed by atoms with Gasteiger partial charge in [0.05, 0.1) is 5.56 Å². The molecule has 1 N–H and O–H groups in total. The molecule has 6 nitrogen and oxygen atoms in total. The molecular weight excluding hydrogens is 308 g/mol. The van der Waals surface area contributed by atoms with Crippen LogP contribution in [-0.4, -0.2) is 49.6 Å². The molecule has 6 heteroatoms. The molecule has 2 amide bonds. The molecule has 0 radical (unpaired) electrons. The van der Waals surface area contributed by atoms with Crippen LogP contribution in [0.4, 0.5) is 0 Å². The van der Waals surface area contributed by atoms with Gasteiger partial charge in [0.2, 0.25) is 5.91 Å². The number of methoxy groups -OCH3 is 1. The van der Waals surface area contributed by atoms with Gasteiger partial charge in [0.15, 0.2) is 0 Å². The molecule has 0 saturated carbocycles. The molecule has 24 heavy (non-hydrogen) atoms. The minimum absolute atomic E-state index is 0.0333. The summed E-state index contributed by atoms with van der Waals surface area (Å²) in [5.74, 6) is 1.19. The average molecular weight is 338 g/mol. The summed E-state index contributed by atoms with van der Waals surface area (Å²) in [6.07, 6.45) is 1.90. The average Bonchev–Trinajstić information content (AvgIpc) is 2.88. The van der Waals surface area contributed by atoms with E-state index in [4.69, 9.17) is 9.15 Å². The van der Waals surface area contributed by atoms with E-state index in [0.717, 1.165) is 12.8 Å². The van der Waals surface area contributed by atoms with Gasteiger partial charge in [0.1, 0.15) is 11.5 Å². The van der Waals surface area contributed by atoms with Gasteiger partial charge < -0.3 is 19.4 Å². The highest BCUT2D eigenvalue weighted by Crippen LogP contribution is 2.16. The molecule has 0 aliphatic heterocycles. The van der Waals surface area contributed by atoms with Gasteiger partial charge in [-0.3, -0.25) is 9.59 Å². The molecule has 1 aromatic rings. The first-order chi connectivity index (χ1) is 11.4. The predicted octanol–water partition coefficient (Wildman–Crippen LogP) is 2.68. The number of furan rings is 1. The van der Waals surface area contributed by atoms with E-state index < -0.39 is 0 Å². The van der Waals surface area contributed by atoms with E-state index in [-0.39, 0.29) is 17.9 Å². The summed E-state index contributed by atoms with van der Waals surface area (Å²) in [6.45, 7) is 9.10. The molecule has 1 atom stereocenters.